The van der Waals surface area contributed by atoms with Gasteiger partial charge < -0.3 is 20.2 Å². The molecule has 0 bridgehead atoms. The summed E-state index contributed by atoms with van der Waals surface area (Å²) in [5.41, 5.74) is 7.74. The van der Waals surface area contributed by atoms with E-state index in [1.165, 1.54) is 0 Å². The number of benzene rings is 1. The summed E-state index contributed by atoms with van der Waals surface area (Å²) in [4.78, 5) is 16.4. The van der Waals surface area contributed by atoms with Crippen molar-refractivity contribution in [3.8, 4) is 0 Å². The number of hydrogen-bond donors (Lipinski definition) is 2. The van der Waals surface area contributed by atoms with Crippen LogP contribution >= 0.6 is 12.4 Å². The molecule has 0 spiro atoms. The molecule has 6 nitrogen and oxygen atoms in total. The van der Waals surface area contributed by atoms with Crippen LogP contribution < -0.4 is 11.1 Å². The van der Waals surface area contributed by atoms with E-state index in [1.807, 2.05) is 18.2 Å². The largest absolute Gasteiger partial charge is 0.440 e. The van der Waals surface area contributed by atoms with E-state index in [4.69, 9.17) is 14.9 Å². The Balaban J connectivity index is 0.00000176. The highest BCUT2D eigenvalue weighted by molar-refractivity contribution is 5.93. The zero-order chi connectivity index (χ0) is 14.8. The molecule has 3 N–H and O–H groups in total. The molecule has 1 unspecified atom stereocenters. The molecule has 1 aliphatic carbocycles. The third-order valence-electron chi connectivity index (χ3n) is 3.62. The first kappa shape index (κ1) is 16.7. The van der Waals surface area contributed by atoms with E-state index in [0.29, 0.717) is 18.2 Å². The SMILES string of the molecule is COC(CN)CC(=O)Nc1ccc2oc(C3CC3)nc2c1.Cl. The van der Waals surface area contributed by atoms with Gasteiger partial charge in [0.05, 0.1) is 12.5 Å². The number of carbonyl (C=O) groups excluding carboxylic acids is 1. The number of amides is 1. The van der Waals surface area contributed by atoms with Gasteiger partial charge in [0.2, 0.25) is 5.91 Å². The molecular weight excluding hydrogens is 306 g/mol. The van der Waals surface area contributed by atoms with Gasteiger partial charge in [-0.3, -0.25) is 4.79 Å². The quantitative estimate of drug-likeness (QED) is 0.851. The molecule has 1 aromatic carbocycles. The van der Waals surface area contributed by atoms with E-state index in [1.54, 1.807) is 7.11 Å². The van der Waals surface area contributed by atoms with Crippen molar-refractivity contribution in [2.75, 3.05) is 19.0 Å². The van der Waals surface area contributed by atoms with Crippen LogP contribution in [0.5, 0.6) is 0 Å². The lowest BCUT2D eigenvalue weighted by molar-refractivity contribution is -0.118. The molecule has 1 atom stereocenters. The van der Waals surface area contributed by atoms with Gasteiger partial charge in [0, 0.05) is 25.3 Å². The van der Waals surface area contributed by atoms with Gasteiger partial charge in [-0.05, 0) is 31.0 Å². The molecule has 1 saturated carbocycles. The molecule has 1 fully saturated rings. The van der Waals surface area contributed by atoms with Crippen molar-refractivity contribution in [3.05, 3.63) is 24.1 Å². The highest BCUT2D eigenvalue weighted by Crippen LogP contribution is 2.40. The van der Waals surface area contributed by atoms with E-state index in [0.717, 1.165) is 29.8 Å². The van der Waals surface area contributed by atoms with Crippen molar-refractivity contribution in [1.29, 1.82) is 0 Å². The van der Waals surface area contributed by atoms with Gasteiger partial charge >= 0.3 is 0 Å². The fourth-order valence-corrected chi connectivity index (χ4v) is 2.21. The lowest BCUT2D eigenvalue weighted by Crippen LogP contribution is -2.28. The zero-order valence-corrected chi connectivity index (χ0v) is 13.2. The van der Waals surface area contributed by atoms with Crippen LogP contribution in [0.3, 0.4) is 0 Å². The molecule has 3 rings (SSSR count). The number of anilines is 1. The Labute approximate surface area is 134 Å². The molecule has 1 amide bonds. The number of ether oxygens (including phenoxy) is 1. The van der Waals surface area contributed by atoms with Crippen LogP contribution in [0.4, 0.5) is 5.69 Å². The maximum Gasteiger partial charge on any atom is 0.227 e. The van der Waals surface area contributed by atoms with Crippen LogP contribution in [-0.2, 0) is 9.53 Å². The molecule has 0 radical (unpaired) electrons. The average Bonchev–Trinajstić information content (AvgIpc) is 3.24. The first-order valence-electron chi connectivity index (χ1n) is 7.13. The third kappa shape index (κ3) is 3.76. The van der Waals surface area contributed by atoms with Crippen LogP contribution in [0.2, 0.25) is 0 Å². The Morgan fingerprint density at radius 3 is 2.95 bits per heavy atom. The number of aromatic nitrogens is 1. The number of carbonyl (C=O) groups is 1. The molecule has 1 aromatic heterocycles. The fraction of sp³-hybridized carbons (Fsp3) is 0.467. The topological polar surface area (TPSA) is 90.4 Å². The summed E-state index contributed by atoms with van der Waals surface area (Å²) >= 11 is 0. The van der Waals surface area contributed by atoms with E-state index < -0.39 is 0 Å². The summed E-state index contributed by atoms with van der Waals surface area (Å²) in [6, 6.07) is 5.47. The van der Waals surface area contributed by atoms with Crippen molar-refractivity contribution in [2.45, 2.75) is 31.3 Å². The van der Waals surface area contributed by atoms with E-state index >= 15 is 0 Å². The highest BCUT2D eigenvalue weighted by atomic mass is 35.5. The lowest BCUT2D eigenvalue weighted by atomic mass is 10.2. The van der Waals surface area contributed by atoms with Crippen LogP contribution in [0.15, 0.2) is 22.6 Å². The smallest absolute Gasteiger partial charge is 0.227 e. The number of halogens is 1. The van der Waals surface area contributed by atoms with Crippen molar-refractivity contribution in [2.24, 2.45) is 5.73 Å². The van der Waals surface area contributed by atoms with Gasteiger partial charge in [-0.2, -0.15) is 0 Å². The number of hydrogen-bond acceptors (Lipinski definition) is 5. The van der Waals surface area contributed by atoms with E-state index in [2.05, 4.69) is 10.3 Å². The summed E-state index contributed by atoms with van der Waals surface area (Å²) in [6.07, 6.45) is 2.26. The van der Waals surface area contributed by atoms with E-state index in [-0.39, 0.29) is 30.8 Å². The van der Waals surface area contributed by atoms with Crippen LogP contribution in [-0.4, -0.2) is 30.6 Å². The predicted molar refractivity (Wildman–Crippen MR) is 86.3 cm³/mol. The molecule has 0 saturated heterocycles. The van der Waals surface area contributed by atoms with Crippen molar-refractivity contribution < 1.29 is 13.9 Å². The Kier molecular flexibility index (Phi) is 5.39. The number of methoxy groups -OCH3 is 1. The molecule has 1 aliphatic rings. The molecule has 7 heteroatoms. The first-order valence-corrected chi connectivity index (χ1v) is 7.13. The zero-order valence-electron chi connectivity index (χ0n) is 12.4. The molecule has 2 aromatic rings. The number of nitrogens with one attached hydrogen (secondary N) is 1. The summed E-state index contributed by atoms with van der Waals surface area (Å²) < 4.78 is 10.8. The van der Waals surface area contributed by atoms with Gasteiger partial charge in [0.25, 0.3) is 0 Å². The van der Waals surface area contributed by atoms with Crippen molar-refractivity contribution in [3.63, 3.8) is 0 Å². The standard InChI is InChI=1S/C15H19N3O3.ClH/c1-20-11(8-16)7-14(19)17-10-4-5-13-12(6-10)18-15(21-13)9-2-3-9;/h4-6,9,11H,2-3,7-8,16H2,1H3,(H,17,19);1H. The molecule has 22 heavy (non-hydrogen) atoms. The second kappa shape index (κ2) is 7.09. The average molecular weight is 326 g/mol. The van der Waals surface area contributed by atoms with E-state index in [9.17, 15) is 4.79 Å². The second-order valence-electron chi connectivity index (χ2n) is 5.35. The molecular formula is C15H20ClN3O3. The molecule has 120 valence electrons. The first-order chi connectivity index (χ1) is 10.2. The number of rotatable bonds is 6. The minimum Gasteiger partial charge on any atom is -0.440 e. The second-order valence-corrected chi connectivity index (χ2v) is 5.35. The van der Waals surface area contributed by atoms with Crippen molar-refractivity contribution in [1.82, 2.24) is 4.98 Å². The van der Waals surface area contributed by atoms with Crippen LogP contribution in [0, 0.1) is 0 Å². The van der Waals surface area contributed by atoms with Gasteiger partial charge in [0.1, 0.15) is 5.52 Å². The minimum absolute atomic E-state index is 0. The Morgan fingerprint density at radius 2 is 2.32 bits per heavy atom. The van der Waals surface area contributed by atoms with Crippen molar-refractivity contribution >= 4 is 35.1 Å². The van der Waals surface area contributed by atoms with Gasteiger partial charge in [0.15, 0.2) is 11.5 Å². The normalized spacial score (nSPS) is 15.4. The predicted octanol–water partition coefficient (Wildman–Crippen LogP) is 2.43. The summed E-state index contributed by atoms with van der Waals surface area (Å²) in [6.45, 7) is 0.316. The maximum absolute atomic E-state index is 11.9. The van der Waals surface area contributed by atoms with Crippen LogP contribution in [0.25, 0.3) is 11.1 Å². The van der Waals surface area contributed by atoms with Gasteiger partial charge in [-0.15, -0.1) is 12.4 Å². The molecule has 0 aliphatic heterocycles. The number of fused-ring (bicyclic) bond motifs is 1. The third-order valence-corrected chi connectivity index (χ3v) is 3.62. The lowest BCUT2D eigenvalue weighted by Gasteiger charge is -2.12. The van der Waals surface area contributed by atoms with Gasteiger partial charge in [-0.1, -0.05) is 0 Å². The Hall–Kier alpha value is -1.63. The number of nitrogens with zero attached hydrogens (tertiary/aromatic N) is 1. The van der Waals surface area contributed by atoms with Crippen LogP contribution in [0.1, 0.15) is 31.1 Å². The Bertz CT molecular complexity index is 651. The Morgan fingerprint density at radius 1 is 1.55 bits per heavy atom. The molecule has 1 heterocycles. The highest BCUT2D eigenvalue weighted by Gasteiger charge is 2.28. The maximum atomic E-state index is 11.9. The minimum atomic E-state index is -0.262. The monoisotopic (exact) mass is 325 g/mol. The summed E-state index contributed by atoms with van der Waals surface area (Å²) in [5, 5.41) is 2.83. The van der Waals surface area contributed by atoms with Gasteiger partial charge in [-0.25, -0.2) is 4.98 Å². The number of nitrogens with two attached hydrogens (primary N) is 1. The number of oxazole rings is 1. The summed E-state index contributed by atoms with van der Waals surface area (Å²) in [7, 11) is 1.55. The fourth-order valence-electron chi connectivity index (χ4n) is 2.21. The summed E-state index contributed by atoms with van der Waals surface area (Å²) in [5.74, 6) is 1.15.